The van der Waals surface area contributed by atoms with Gasteiger partial charge in [0.25, 0.3) is 0 Å². The number of epoxide rings is 1. The zero-order valence-electron chi connectivity index (χ0n) is 10.4. The Kier molecular flexibility index (Phi) is 3.44. The molecule has 3 heteroatoms. The van der Waals surface area contributed by atoms with Crippen molar-refractivity contribution in [2.45, 2.75) is 58.2 Å². The van der Waals surface area contributed by atoms with Gasteiger partial charge in [-0.1, -0.05) is 34.1 Å². The van der Waals surface area contributed by atoms with Crippen LogP contribution in [0.3, 0.4) is 0 Å². The molecule has 2 unspecified atom stereocenters. The molecule has 0 spiro atoms. The van der Waals surface area contributed by atoms with Crippen LogP contribution in [0.1, 0.15) is 47.0 Å². The third kappa shape index (κ3) is 1.57. The number of hydrogen-bond donors (Lipinski definition) is 0. The molecule has 1 heterocycles. The number of ether oxygens (including phenoxy) is 2. The van der Waals surface area contributed by atoms with Crippen molar-refractivity contribution in [1.82, 2.24) is 0 Å². The normalized spacial score (nSPS) is 34.3. The van der Waals surface area contributed by atoms with Crippen molar-refractivity contribution in [3.8, 4) is 0 Å². The van der Waals surface area contributed by atoms with E-state index in [0.717, 1.165) is 19.3 Å². The second kappa shape index (κ2) is 4.12. The molecule has 15 heavy (non-hydrogen) atoms. The molecule has 0 radical (unpaired) electrons. The first-order valence-corrected chi connectivity index (χ1v) is 5.79. The first-order chi connectivity index (χ1) is 7.00. The summed E-state index contributed by atoms with van der Waals surface area (Å²) in [5.74, 6) is -0.0516. The predicted octanol–water partition coefficient (Wildman–Crippen LogP) is 2.53. The van der Waals surface area contributed by atoms with E-state index < -0.39 is 5.60 Å². The lowest BCUT2D eigenvalue weighted by Crippen LogP contribution is -2.39. The van der Waals surface area contributed by atoms with Gasteiger partial charge >= 0.3 is 5.97 Å². The summed E-state index contributed by atoms with van der Waals surface area (Å²) in [5, 5.41) is 0. The Bertz CT molecular complexity index is 249. The minimum absolute atomic E-state index is 0.163. The van der Waals surface area contributed by atoms with Gasteiger partial charge in [0.1, 0.15) is 5.60 Å². The van der Waals surface area contributed by atoms with Crippen molar-refractivity contribution >= 4 is 5.97 Å². The molecular weight excluding hydrogens is 192 g/mol. The largest absolute Gasteiger partial charge is 0.467 e. The van der Waals surface area contributed by atoms with Crippen LogP contribution in [0, 0.1) is 5.92 Å². The summed E-state index contributed by atoms with van der Waals surface area (Å²) in [7, 11) is 1.43. The van der Waals surface area contributed by atoms with Crippen LogP contribution in [-0.4, -0.2) is 24.3 Å². The number of hydrogen-bond acceptors (Lipinski definition) is 3. The SMILES string of the molecule is CCCC1(CC)OC1(C(=O)OC)C(C)C. The van der Waals surface area contributed by atoms with Crippen molar-refractivity contribution in [2.24, 2.45) is 5.92 Å². The quantitative estimate of drug-likeness (QED) is 0.521. The Morgan fingerprint density at radius 3 is 2.33 bits per heavy atom. The van der Waals surface area contributed by atoms with E-state index >= 15 is 0 Å². The molecule has 0 bridgehead atoms. The number of carbonyl (C=O) groups excluding carboxylic acids is 1. The summed E-state index contributed by atoms with van der Waals surface area (Å²) in [6.07, 6.45) is 2.82. The van der Waals surface area contributed by atoms with Gasteiger partial charge in [0, 0.05) is 0 Å². The maximum Gasteiger partial charge on any atom is 0.341 e. The molecule has 0 amide bonds. The molecule has 2 atom stereocenters. The molecule has 3 nitrogen and oxygen atoms in total. The maximum absolute atomic E-state index is 11.8. The van der Waals surface area contributed by atoms with E-state index in [0.29, 0.717) is 0 Å². The van der Waals surface area contributed by atoms with Gasteiger partial charge in [-0.2, -0.15) is 0 Å². The van der Waals surface area contributed by atoms with Gasteiger partial charge in [0.15, 0.2) is 5.60 Å². The summed E-state index contributed by atoms with van der Waals surface area (Å²) in [6, 6.07) is 0. The average Bonchev–Trinajstić information content (AvgIpc) is 2.89. The van der Waals surface area contributed by atoms with Crippen LogP contribution in [0.15, 0.2) is 0 Å². The van der Waals surface area contributed by atoms with Crippen LogP contribution >= 0.6 is 0 Å². The zero-order chi connectivity index (χ0) is 11.7. The molecule has 1 saturated heterocycles. The third-order valence-corrected chi connectivity index (χ3v) is 3.52. The molecule has 0 N–H and O–H groups in total. The van der Waals surface area contributed by atoms with Crippen LogP contribution in [0.2, 0.25) is 0 Å². The van der Waals surface area contributed by atoms with Crippen LogP contribution in [-0.2, 0) is 14.3 Å². The summed E-state index contributed by atoms with van der Waals surface area (Å²) in [6.45, 7) is 8.22. The predicted molar refractivity (Wildman–Crippen MR) is 58.6 cm³/mol. The smallest absolute Gasteiger partial charge is 0.341 e. The standard InChI is InChI=1S/C12H22O3/c1-6-8-11(7-2)12(15-11,9(3)4)10(13)14-5/h9H,6-8H2,1-5H3. The minimum atomic E-state index is -0.688. The lowest BCUT2D eigenvalue weighted by Gasteiger charge is -2.19. The Morgan fingerprint density at radius 1 is 1.40 bits per heavy atom. The number of esters is 1. The van der Waals surface area contributed by atoms with Crippen LogP contribution in [0.25, 0.3) is 0 Å². The van der Waals surface area contributed by atoms with Gasteiger partial charge in [-0.25, -0.2) is 4.79 Å². The highest BCUT2D eigenvalue weighted by molar-refractivity contribution is 5.85. The van der Waals surface area contributed by atoms with E-state index in [1.54, 1.807) is 0 Å². The molecule has 0 aromatic carbocycles. The summed E-state index contributed by atoms with van der Waals surface area (Å²) >= 11 is 0. The van der Waals surface area contributed by atoms with Gasteiger partial charge in [-0.05, 0) is 18.8 Å². The van der Waals surface area contributed by atoms with Crippen molar-refractivity contribution in [2.75, 3.05) is 7.11 Å². The Labute approximate surface area is 92.1 Å². The molecule has 1 aliphatic rings. The first-order valence-electron chi connectivity index (χ1n) is 5.79. The lowest BCUT2D eigenvalue weighted by atomic mass is 9.79. The Balaban J connectivity index is 2.93. The van der Waals surface area contributed by atoms with Crippen molar-refractivity contribution < 1.29 is 14.3 Å². The maximum atomic E-state index is 11.8. The Morgan fingerprint density at radius 2 is 2.00 bits per heavy atom. The fourth-order valence-corrected chi connectivity index (χ4v) is 2.69. The second-order valence-corrected chi connectivity index (χ2v) is 4.58. The molecule has 1 aliphatic heterocycles. The van der Waals surface area contributed by atoms with Gasteiger partial charge < -0.3 is 9.47 Å². The van der Waals surface area contributed by atoms with Crippen LogP contribution in [0.4, 0.5) is 0 Å². The molecule has 1 fully saturated rings. The molecular formula is C12H22O3. The fraction of sp³-hybridized carbons (Fsp3) is 0.917. The van der Waals surface area contributed by atoms with E-state index in [9.17, 15) is 4.79 Å². The summed E-state index contributed by atoms with van der Waals surface area (Å²) < 4.78 is 10.7. The van der Waals surface area contributed by atoms with Gasteiger partial charge in [0.2, 0.25) is 0 Å². The number of methoxy groups -OCH3 is 1. The minimum Gasteiger partial charge on any atom is -0.467 e. The summed E-state index contributed by atoms with van der Waals surface area (Å²) in [5.41, 5.74) is -0.963. The highest BCUT2D eigenvalue weighted by atomic mass is 16.7. The van der Waals surface area contributed by atoms with Crippen LogP contribution in [0.5, 0.6) is 0 Å². The van der Waals surface area contributed by atoms with E-state index in [1.165, 1.54) is 7.11 Å². The highest BCUT2D eigenvalue weighted by Gasteiger charge is 2.75. The fourth-order valence-electron chi connectivity index (χ4n) is 2.69. The van der Waals surface area contributed by atoms with Crippen molar-refractivity contribution in [1.29, 1.82) is 0 Å². The van der Waals surface area contributed by atoms with E-state index in [-0.39, 0.29) is 17.5 Å². The van der Waals surface area contributed by atoms with Gasteiger partial charge in [-0.3, -0.25) is 0 Å². The average molecular weight is 214 g/mol. The van der Waals surface area contributed by atoms with Crippen molar-refractivity contribution in [3.05, 3.63) is 0 Å². The molecule has 1 rings (SSSR count). The van der Waals surface area contributed by atoms with E-state index in [4.69, 9.17) is 9.47 Å². The van der Waals surface area contributed by atoms with E-state index in [2.05, 4.69) is 13.8 Å². The zero-order valence-corrected chi connectivity index (χ0v) is 10.4. The number of carbonyl (C=O) groups is 1. The second-order valence-electron chi connectivity index (χ2n) is 4.58. The Hall–Kier alpha value is -0.570. The highest BCUT2D eigenvalue weighted by Crippen LogP contribution is 2.58. The number of rotatable bonds is 5. The topological polar surface area (TPSA) is 38.8 Å². The first kappa shape index (κ1) is 12.5. The molecule has 88 valence electrons. The molecule has 0 aromatic rings. The monoisotopic (exact) mass is 214 g/mol. The van der Waals surface area contributed by atoms with Gasteiger partial charge in [0.05, 0.1) is 7.11 Å². The van der Waals surface area contributed by atoms with E-state index in [1.807, 2.05) is 13.8 Å². The molecule has 0 aliphatic carbocycles. The van der Waals surface area contributed by atoms with Gasteiger partial charge in [-0.15, -0.1) is 0 Å². The van der Waals surface area contributed by atoms with Crippen LogP contribution < -0.4 is 0 Å². The molecule has 0 saturated carbocycles. The lowest BCUT2D eigenvalue weighted by molar-refractivity contribution is -0.148. The van der Waals surface area contributed by atoms with Crippen molar-refractivity contribution in [3.63, 3.8) is 0 Å². The molecule has 0 aromatic heterocycles. The third-order valence-electron chi connectivity index (χ3n) is 3.52. The summed E-state index contributed by atoms with van der Waals surface area (Å²) in [4.78, 5) is 11.8.